The molecular weight excluding hydrogens is 370 g/mol. The molecule has 30 heavy (non-hydrogen) atoms. The fraction of sp³-hybridized carbons (Fsp3) is 0. The van der Waals surface area contributed by atoms with E-state index in [-0.39, 0.29) is 0 Å². The minimum absolute atomic E-state index is 0.682. The maximum Gasteiger partial charge on any atom is 0.161 e. The maximum atomic E-state index is 6.38. The summed E-state index contributed by atoms with van der Waals surface area (Å²) in [5, 5.41) is 7.01. The third-order valence-electron chi connectivity index (χ3n) is 5.91. The molecule has 140 valence electrons. The Morgan fingerprint density at radius 2 is 1.47 bits per heavy atom. The van der Waals surface area contributed by atoms with Gasteiger partial charge in [0.15, 0.2) is 5.82 Å². The lowest BCUT2D eigenvalue weighted by atomic mass is 9.98. The summed E-state index contributed by atoms with van der Waals surface area (Å²) in [6.07, 6.45) is 3.54. The fourth-order valence-corrected chi connectivity index (χ4v) is 4.66. The average Bonchev–Trinajstić information content (AvgIpc) is 3.37. The van der Waals surface area contributed by atoms with Gasteiger partial charge >= 0.3 is 0 Å². The largest absolute Gasteiger partial charge is 0.456 e. The average molecular weight is 385 g/mol. The molecule has 3 heterocycles. The highest BCUT2D eigenvalue weighted by atomic mass is 16.3. The van der Waals surface area contributed by atoms with Crippen LogP contribution in [0.25, 0.3) is 65.9 Å². The van der Waals surface area contributed by atoms with Crippen molar-refractivity contribution in [3.63, 3.8) is 0 Å². The fourth-order valence-electron chi connectivity index (χ4n) is 4.66. The minimum atomic E-state index is 0.682. The van der Waals surface area contributed by atoms with E-state index in [1.165, 1.54) is 16.2 Å². The second-order valence-electron chi connectivity index (χ2n) is 7.55. The summed E-state index contributed by atoms with van der Waals surface area (Å²) in [6.45, 7) is 0. The van der Waals surface area contributed by atoms with Crippen molar-refractivity contribution in [2.75, 3.05) is 0 Å². The van der Waals surface area contributed by atoms with E-state index >= 15 is 0 Å². The normalized spacial score (nSPS) is 12.0. The molecule has 0 saturated heterocycles. The predicted octanol–water partition coefficient (Wildman–Crippen LogP) is 6.83. The van der Waals surface area contributed by atoms with Crippen molar-refractivity contribution in [3.05, 3.63) is 85.2 Å². The molecule has 0 spiro atoms. The summed E-state index contributed by atoms with van der Waals surface area (Å²) in [7, 11) is 0. The maximum absolute atomic E-state index is 6.38. The van der Waals surface area contributed by atoms with E-state index < -0.39 is 0 Å². The first-order valence-electron chi connectivity index (χ1n) is 9.93. The molecule has 0 aliphatic rings. The minimum Gasteiger partial charge on any atom is -0.456 e. The van der Waals surface area contributed by atoms with Gasteiger partial charge in [-0.25, -0.2) is 9.97 Å². The van der Waals surface area contributed by atoms with E-state index in [4.69, 9.17) is 4.42 Å². The summed E-state index contributed by atoms with van der Waals surface area (Å²) in [5.41, 5.74) is 4.80. The third-order valence-corrected chi connectivity index (χ3v) is 5.91. The van der Waals surface area contributed by atoms with Crippen molar-refractivity contribution in [3.8, 4) is 11.4 Å². The van der Waals surface area contributed by atoms with E-state index in [0.29, 0.717) is 5.82 Å². The van der Waals surface area contributed by atoms with Gasteiger partial charge in [0, 0.05) is 45.0 Å². The van der Waals surface area contributed by atoms with E-state index in [1.807, 2.05) is 6.07 Å². The highest BCUT2D eigenvalue weighted by Gasteiger charge is 2.20. The zero-order chi connectivity index (χ0) is 19.7. The van der Waals surface area contributed by atoms with Crippen LogP contribution in [0.2, 0.25) is 0 Å². The quantitative estimate of drug-likeness (QED) is 0.337. The number of aromatic nitrogens is 3. The SMILES string of the molecule is c1cnc(-c2cc3oc4ccc5ccccc5c4c3c3c2[nH]c2ccccc23)nc1. The summed E-state index contributed by atoms with van der Waals surface area (Å²) in [5.74, 6) is 0.682. The smallest absolute Gasteiger partial charge is 0.161 e. The highest BCUT2D eigenvalue weighted by Crippen LogP contribution is 2.44. The van der Waals surface area contributed by atoms with E-state index in [0.717, 1.165) is 43.9 Å². The van der Waals surface area contributed by atoms with E-state index in [1.54, 1.807) is 12.4 Å². The Morgan fingerprint density at radius 3 is 2.37 bits per heavy atom. The van der Waals surface area contributed by atoms with Crippen LogP contribution in [0.3, 0.4) is 0 Å². The number of hydrogen-bond acceptors (Lipinski definition) is 3. The van der Waals surface area contributed by atoms with Crippen molar-refractivity contribution >= 4 is 54.5 Å². The Bertz CT molecular complexity index is 1740. The molecule has 4 aromatic carbocycles. The van der Waals surface area contributed by atoms with Crippen LogP contribution in [0.4, 0.5) is 0 Å². The van der Waals surface area contributed by atoms with Gasteiger partial charge in [-0.05, 0) is 35.0 Å². The molecule has 0 radical (unpaired) electrons. The Hall–Kier alpha value is -4.18. The molecule has 4 heteroatoms. The van der Waals surface area contributed by atoms with Crippen LogP contribution >= 0.6 is 0 Å². The molecule has 0 unspecified atom stereocenters. The molecular formula is C26H15N3O. The number of para-hydroxylation sites is 1. The Labute approximate surface area is 170 Å². The van der Waals surface area contributed by atoms with Gasteiger partial charge in [-0.1, -0.05) is 48.5 Å². The van der Waals surface area contributed by atoms with Crippen molar-refractivity contribution < 1.29 is 4.42 Å². The monoisotopic (exact) mass is 385 g/mol. The molecule has 3 aromatic heterocycles. The van der Waals surface area contributed by atoms with Gasteiger partial charge in [-0.15, -0.1) is 0 Å². The molecule has 7 rings (SSSR count). The number of hydrogen-bond donors (Lipinski definition) is 1. The number of aromatic amines is 1. The molecule has 0 atom stereocenters. The lowest BCUT2D eigenvalue weighted by Crippen LogP contribution is -1.88. The number of H-pyrrole nitrogens is 1. The predicted molar refractivity (Wildman–Crippen MR) is 122 cm³/mol. The van der Waals surface area contributed by atoms with Crippen LogP contribution in [-0.4, -0.2) is 15.0 Å². The molecule has 7 aromatic rings. The highest BCUT2D eigenvalue weighted by molar-refractivity contribution is 6.33. The van der Waals surface area contributed by atoms with Crippen molar-refractivity contribution in [1.29, 1.82) is 0 Å². The molecule has 0 amide bonds. The molecule has 0 bridgehead atoms. The van der Waals surface area contributed by atoms with Crippen molar-refractivity contribution in [1.82, 2.24) is 15.0 Å². The van der Waals surface area contributed by atoms with Crippen LogP contribution in [0.5, 0.6) is 0 Å². The number of nitrogens with zero attached hydrogens (tertiary/aromatic N) is 2. The molecule has 1 N–H and O–H groups in total. The lowest BCUT2D eigenvalue weighted by molar-refractivity contribution is 0.669. The number of fused-ring (bicyclic) bond motifs is 9. The van der Waals surface area contributed by atoms with Crippen LogP contribution < -0.4 is 0 Å². The standard InChI is InChI=1S/C26H15N3O/c1-2-7-16-15(6-1)10-11-20-22(16)24-21(30-20)14-18(26-27-12-5-13-28-26)25-23(24)17-8-3-4-9-19(17)29-25/h1-14,29H. The van der Waals surface area contributed by atoms with Gasteiger partial charge in [0.1, 0.15) is 11.2 Å². The summed E-state index contributed by atoms with van der Waals surface area (Å²) >= 11 is 0. The van der Waals surface area contributed by atoms with Gasteiger partial charge in [0.25, 0.3) is 0 Å². The molecule has 4 nitrogen and oxygen atoms in total. The van der Waals surface area contributed by atoms with Crippen molar-refractivity contribution in [2.24, 2.45) is 0 Å². The van der Waals surface area contributed by atoms with Crippen LogP contribution in [0.1, 0.15) is 0 Å². The van der Waals surface area contributed by atoms with Gasteiger partial charge in [-0.2, -0.15) is 0 Å². The first-order valence-corrected chi connectivity index (χ1v) is 9.93. The first-order chi connectivity index (χ1) is 14.9. The topological polar surface area (TPSA) is 54.7 Å². The molecule has 0 fully saturated rings. The molecule has 0 saturated carbocycles. The number of rotatable bonds is 1. The molecule has 0 aliphatic carbocycles. The second-order valence-corrected chi connectivity index (χ2v) is 7.55. The van der Waals surface area contributed by atoms with Crippen LogP contribution in [0.15, 0.2) is 89.6 Å². The van der Waals surface area contributed by atoms with Gasteiger partial charge in [0.2, 0.25) is 0 Å². The van der Waals surface area contributed by atoms with Gasteiger partial charge in [0.05, 0.1) is 5.52 Å². The summed E-state index contributed by atoms with van der Waals surface area (Å²) < 4.78 is 6.38. The summed E-state index contributed by atoms with van der Waals surface area (Å²) in [6, 6.07) is 24.9. The Morgan fingerprint density at radius 1 is 0.667 bits per heavy atom. The van der Waals surface area contributed by atoms with Crippen LogP contribution in [-0.2, 0) is 0 Å². The number of benzene rings is 4. The Kier molecular flexibility index (Phi) is 2.97. The van der Waals surface area contributed by atoms with E-state index in [2.05, 4.69) is 81.7 Å². The number of furan rings is 1. The second kappa shape index (κ2) is 5.67. The zero-order valence-corrected chi connectivity index (χ0v) is 15.9. The van der Waals surface area contributed by atoms with E-state index in [9.17, 15) is 0 Å². The zero-order valence-electron chi connectivity index (χ0n) is 15.9. The first kappa shape index (κ1) is 15.7. The van der Waals surface area contributed by atoms with Gasteiger partial charge in [-0.3, -0.25) is 0 Å². The third kappa shape index (κ3) is 2.00. The van der Waals surface area contributed by atoms with Crippen molar-refractivity contribution in [2.45, 2.75) is 0 Å². The number of nitrogens with one attached hydrogen (secondary N) is 1. The Balaban J connectivity index is 1.80. The molecule has 0 aliphatic heterocycles. The lowest BCUT2D eigenvalue weighted by Gasteiger charge is -2.04. The van der Waals surface area contributed by atoms with Crippen LogP contribution in [0, 0.1) is 0 Å². The summed E-state index contributed by atoms with van der Waals surface area (Å²) in [4.78, 5) is 12.6. The van der Waals surface area contributed by atoms with Gasteiger partial charge < -0.3 is 9.40 Å².